The molecule has 0 bridgehead atoms. The summed E-state index contributed by atoms with van der Waals surface area (Å²) in [7, 11) is -3.74. The minimum absolute atomic E-state index is 0.0979. The molecule has 0 fully saturated rings. The molecule has 0 saturated carbocycles. The number of nitrogens with one attached hydrogen (secondary N) is 2. The number of hydrogen-bond acceptors (Lipinski definition) is 3. The van der Waals surface area contributed by atoms with Crippen LogP contribution in [-0.2, 0) is 14.8 Å². The SMILES string of the molecule is C=CCNC(=O)/C=C/c1ccc(S(=O)(=O)Nc2ccccc2Cl)cc1. The van der Waals surface area contributed by atoms with E-state index in [0.29, 0.717) is 22.8 Å². The maximum absolute atomic E-state index is 12.4. The van der Waals surface area contributed by atoms with E-state index in [1.165, 1.54) is 18.2 Å². The molecule has 2 aromatic rings. The number of carbonyl (C=O) groups excluding carboxylic acids is 1. The highest BCUT2D eigenvalue weighted by molar-refractivity contribution is 7.92. The van der Waals surface area contributed by atoms with Crippen molar-refractivity contribution in [3.63, 3.8) is 0 Å². The topological polar surface area (TPSA) is 75.3 Å². The van der Waals surface area contributed by atoms with E-state index >= 15 is 0 Å². The lowest BCUT2D eigenvalue weighted by atomic mass is 10.2. The van der Waals surface area contributed by atoms with Gasteiger partial charge in [-0.1, -0.05) is 41.9 Å². The number of hydrogen-bond donors (Lipinski definition) is 2. The van der Waals surface area contributed by atoms with Crippen LogP contribution in [0.1, 0.15) is 5.56 Å². The van der Waals surface area contributed by atoms with Crippen LogP contribution in [-0.4, -0.2) is 20.9 Å². The number of halogens is 1. The van der Waals surface area contributed by atoms with Crippen LogP contribution in [0.5, 0.6) is 0 Å². The Morgan fingerprint density at radius 1 is 1.12 bits per heavy atom. The van der Waals surface area contributed by atoms with Gasteiger partial charge in [0.2, 0.25) is 5.91 Å². The molecule has 5 nitrogen and oxygen atoms in total. The average Bonchev–Trinajstić information content (AvgIpc) is 2.60. The number of sulfonamides is 1. The summed E-state index contributed by atoms with van der Waals surface area (Å²) < 4.78 is 27.2. The first-order valence-electron chi connectivity index (χ1n) is 7.36. The molecular weight excluding hydrogens is 360 g/mol. The Balaban J connectivity index is 2.10. The normalized spacial score (nSPS) is 11.2. The second-order valence-corrected chi connectivity index (χ2v) is 7.11. The summed E-state index contributed by atoms with van der Waals surface area (Å²) >= 11 is 5.97. The molecule has 2 rings (SSSR count). The summed E-state index contributed by atoms with van der Waals surface area (Å²) in [5, 5.41) is 2.92. The van der Waals surface area contributed by atoms with Crippen LogP contribution in [0.15, 0.2) is 72.2 Å². The highest BCUT2D eigenvalue weighted by Gasteiger charge is 2.15. The highest BCUT2D eigenvalue weighted by Crippen LogP contribution is 2.24. The average molecular weight is 377 g/mol. The predicted molar refractivity (Wildman–Crippen MR) is 101 cm³/mol. The first-order valence-corrected chi connectivity index (χ1v) is 9.23. The van der Waals surface area contributed by atoms with Crippen molar-refractivity contribution in [2.75, 3.05) is 11.3 Å². The van der Waals surface area contributed by atoms with Crippen LogP contribution >= 0.6 is 11.6 Å². The van der Waals surface area contributed by atoms with Crippen molar-refractivity contribution < 1.29 is 13.2 Å². The molecule has 0 atom stereocenters. The van der Waals surface area contributed by atoms with Gasteiger partial charge in [0, 0.05) is 12.6 Å². The fraction of sp³-hybridized carbons (Fsp3) is 0.0556. The zero-order valence-electron chi connectivity index (χ0n) is 13.3. The second kappa shape index (κ2) is 8.50. The van der Waals surface area contributed by atoms with Gasteiger partial charge in [0.05, 0.1) is 15.6 Å². The summed E-state index contributed by atoms with van der Waals surface area (Å²) in [5.41, 5.74) is 1.01. The number of anilines is 1. The molecule has 25 heavy (non-hydrogen) atoms. The number of amides is 1. The zero-order valence-corrected chi connectivity index (χ0v) is 14.8. The van der Waals surface area contributed by atoms with Gasteiger partial charge in [0.1, 0.15) is 0 Å². The molecule has 2 aromatic carbocycles. The van der Waals surface area contributed by atoms with E-state index < -0.39 is 10.0 Å². The van der Waals surface area contributed by atoms with E-state index in [0.717, 1.165) is 0 Å². The van der Waals surface area contributed by atoms with Gasteiger partial charge < -0.3 is 5.32 Å². The molecule has 0 aliphatic carbocycles. The largest absolute Gasteiger partial charge is 0.349 e. The first-order chi connectivity index (χ1) is 11.9. The third-order valence-electron chi connectivity index (χ3n) is 3.16. The van der Waals surface area contributed by atoms with E-state index in [4.69, 9.17) is 11.6 Å². The molecule has 0 heterocycles. The van der Waals surface area contributed by atoms with Crippen LogP contribution in [0.3, 0.4) is 0 Å². The van der Waals surface area contributed by atoms with Gasteiger partial charge in [-0.15, -0.1) is 6.58 Å². The zero-order chi connectivity index (χ0) is 18.3. The molecule has 2 N–H and O–H groups in total. The molecular formula is C18H17ClN2O3S. The van der Waals surface area contributed by atoms with Gasteiger partial charge in [0.25, 0.3) is 10.0 Å². The standard InChI is InChI=1S/C18H17ClN2O3S/c1-2-13-20-18(22)12-9-14-7-10-15(11-8-14)25(23,24)21-17-6-4-3-5-16(17)19/h2-12,21H,1,13H2,(H,20,22)/b12-9+. The maximum Gasteiger partial charge on any atom is 0.261 e. The van der Waals surface area contributed by atoms with Crippen molar-refractivity contribution in [3.05, 3.63) is 77.8 Å². The summed E-state index contributed by atoms with van der Waals surface area (Å²) in [6.07, 6.45) is 4.54. The van der Waals surface area contributed by atoms with Gasteiger partial charge in [-0.2, -0.15) is 0 Å². The molecule has 0 aliphatic heterocycles. The quantitative estimate of drug-likeness (QED) is 0.574. The molecule has 0 unspecified atom stereocenters. The first kappa shape index (κ1) is 18.8. The fourth-order valence-electron chi connectivity index (χ4n) is 1.91. The van der Waals surface area contributed by atoms with Crippen molar-refractivity contribution in [3.8, 4) is 0 Å². The van der Waals surface area contributed by atoms with Crippen molar-refractivity contribution in [1.82, 2.24) is 5.32 Å². The monoisotopic (exact) mass is 376 g/mol. The summed E-state index contributed by atoms with van der Waals surface area (Å²) in [4.78, 5) is 11.6. The van der Waals surface area contributed by atoms with Crippen molar-refractivity contribution in [2.24, 2.45) is 0 Å². The molecule has 0 aliphatic rings. The molecule has 7 heteroatoms. The van der Waals surface area contributed by atoms with Crippen LogP contribution in [0.25, 0.3) is 6.08 Å². The Bertz CT molecular complexity index is 891. The minimum atomic E-state index is -3.74. The number of para-hydroxylation sites is 1. The third kappa shape index (κ3) is 5.48. The lowest BCUT2D eigenvalue weighted by Crippen LogP contribution is -2.20. The second-order valence-electron chi connectivity index (χ2n) is 5.02. The maximum atomic E-state index is 12.4. The Labute approximate surface area is 152 Å². The van der Waals surface area contributed by atoms with Crippen molar-refractivity contribution in [1.29, 1.82) is 0 Å². The van der Waals surface area contributed by atoms with E-state index in [1.807, 2.05) is 0 Å². The fourth-order valence-corrected chi connectivity index (χ4v) is 3.23. The van der Waals surface area contributed by atoms with Gasteiger partial charge in [-0.05, 0) is 35.9 Å². The van der Waals surface area contributed by atoms with E-state index in [1.54, 1.807) is 48.6 Å². The van der Waals surface area contributed by atoms with Gasteiger partial charge in [-0.3, -0.25) is 9.52 Å². The number of carbonyl (C=O) groups is 1. The van der Waals surface area contributed by atoms with Crippen molar-refractivity contribution >= 4 is 39.3 Å². The molecule has 0 spiro atoms. The summed E-state index contributed by atoms with van der Waals surface area (Å²) in [6.45, 7) is 3.89. The number of benzene rings is 2. The summed E-state index contributed by atoms with van der Waals surface area (Å²) in [5.74, 6) is -0.253. The van der Waals surface area contributed by atoms with Crippen LogP contribution in [0.4, 0.5) is 5.69 Å². The molecule has 0 radical (unpaired) electrons. The van der Waals surface area contributed by atoms with Gasteiger partial charge in [0.15, 0.2) is 0 Å². The molecule has 130 valence electrons. The number of rotatable bonds is 7. The molecule has 0 aromatic heterocycles. The van der Waals surface area contributed by atoms with E-state index in [9.17, 15) is 13.2 Å². The Hall–Kier alpha value is -2.57. The predicted octanol–water partition coefficient (Wildman–Crippen LogP) is 3.46. The Morgan fingerprint density at radius 2 is 1.80 bits per heavy atom. The molecule has 1 amide bonds. The van der Waals surface area contributed by atoms with Crippen LogP contribution in [0.2, 0.25) is 5.02 Å². The van der Waals surface area contributed by atoms with Gasteiger partial charge in [-0.25, -0.2) is 8.42 Å². The van der Waals surface area contributed by atoms with Gasteiger partial charge >= 0.3 is 0 Å². The smallest absolute Gasteiger partial charge is 0.261 e. The van der Waals surface area contributed by atoms with E-state index in [2.05, 4.69) is 16.6 Å². The van der Waals surface area contributed by atoms with E-state index in [-0.39, 0.29) is 10.8 Å². The minimum Gasteiger partial charge on any atom is -0.349 e. The van der Waals surface area contributed by atoms with Crippen molar-refractivity contribution in [2.45, 2.75) is 4.90 Å². The highest BCUT2D eigenvalue weighted by atomic mass is 35.5. The van der Waals surface area contributed by atoms with Crippen LogP contribution < -0.4 is 10.0 Å². The Kier molecular flexibility index (Phi) is 6.38. The van der Waals surface area contributed by atoms with Crippen LogP contribution in [0, 0.1) is 0 Å². The third-order valence-corrected chi connectivity index (χ3v) is 4.87. The summed E-state index contributed by atoms with van der Waals surface area (Å²) in [6, 6.07) is 12.7. The molecule has 0 saturated heterocycles. The lowest BCUT2D eigenvalue weighted by molar-refractivity contribution is -0.116. The Morgan fingerprint density at radius 3 is 2.44 bits per heavy atom. The lowest BCUT2D eigenvalue weighted by Gasteiger charge is -2.09.